The van der Waals surface area contributed by atoms with Gasteiger partial charge in [-0.1, -0.05) is 13.3 Å². The van der Waals surface area contributed by atoms with Gasteiger partial charge in [-0.05, 0) is 36.2 Å². The van der Waals surface area contributed by atoms with Crippen molar-refractivity contribution in [1.29, 1.82) is 0 Å². The van der Waals surface area contributed by atoms with Crippen LogP contribution in [0.25, 0.3) is 0 Å². The Hall–Kier alpha value is -2.43. The smallest absolute Gasteiger partial charge is 0.272 e. The van der Waals surface area contributed by atoms with Gasteiger partial charge in [0.2, 0.25) is 0 Å². The minimum absolute atomic E-state index is 0.0332. The van der Waals surface area contributed by atoms with Crippen LogP contribution in [0.3, 0.4) is 0 Å². The molecule has 22 heavy (non-hydrogen) atoms. The maximum absolute atomic E-state index is 12.2. The Morgan fingerprint density at radius 2 is 2.00 bits per heavy atom. The standard InChI is InChI=1S/C17H22N4O/c1-3-4-11-21(2)17(22)16-6-5-15(13-20-16)19-12-14-7-9-18-10-8-14/h5-10,13,19H,3-4,11-12H2,1-2H3. The van der Waals surface area contributed by atoms with Gasteiger partial charge in [-0.15, -0.1) is 0 Å². The molecule has 5 nitrogen and oxygen atoms in total. The number of carbonyl (C=O) groups is 1. The SMILES string of the molecule is CCCCN(C)C(=O)c1ccc(NCc2ccncc2)cn1. The molecule has 1 N–H and O–H groups in total. The molecule has 116 valence electrons. The minimum Gasteiger partial charge on any atom is -0.380 e. The van der Waals surface area contributed by atoms with Gasteiger partial charge in [0.05, 0.1) is 11.9 Å². The molecule has 0 fully saturated rings. The lowest BCUT2D eigenvalue weighted by atomic mass is 10.2. The quantitative estimate of drug-likeness (QED) is 0.854. The maximum Gasteiger partial charge on any atom is 0.272 e. The highest BCUT2D eigenvalue weighted by Crippen LogP contribution is 2.10. The number of rotatable bonds is 7. The zero-order chi connectivity index (χ0) is 15.8. The van der Waals surface area contributed by atoms with Gasteiger partial charge >= 0.3 is 0 Å². The van der Waals surface area contributed by atoms with Crippen LogP contribution in [0.15, 0.2) is 42.9 Å². The number of nitrogens with one attached hydrogen (secondary N) is 1. The minimum atomic E-state index is -0.0332. The fourth-order valence-electron chi connectivity index (χ4n) is 2.02. The highest BCUT2D eigenvalue weighted by molar-refractivity contribution is 5.92. The van der Waals surface area contributed by atoms with E-state index in [1.807, 2.05) is 25.2 Å². The van der Waals surface area contributed by atoms with E-state index in [1.54, 1.807) is 29.6 Å². The normalized spacial score (nSPS) is 10.3. The van der Waals surface area contributed by atoms with Crippen LogP contribution in [0.5, 0.6) is 0 Å². The topological polar surface area (TPSA) is 58.1 Å². The summed E-state index contributed by atoms with van der Waals surface area (Å²) >= 11 is 0. The fourth-order valence-corrected chi connectivity index (χ4v) is 2.02. The number of pyridine rings is 2. The van der Waals surface area contributed by atoms with Crippen molar-refractivity contribution >= 4 is 11.6 Å². The first-order valence-corrected chi connectivity index (χ1v) is 7.55. The van der Waals surface area contributed by atoms with E-state index >= 15 is 0 Å². The molecule has 0 aliphatic rings. The van der Waals surface area contributed by atoms with Crippen LogP contribution in [-0.4, -0.2) is 34.4 Å². The second-order valence-corrected chi connectivity index (χ2v) is 5.22. The number of anilines is 1. The highest BCUT2D eigenvalue weighted by Gasteiger charge is 2.12. The van der Waals surface area contributed by atoms with E-state index in [9.17, 15) is 4.79 Å². The first-order chi connectivity index (χ1) is 10.7. The number of unbranched alkanes of at least 4 members (excludes halogenated alkanes) is 1. The van der Waals surface area contributed by atoms with E-state index < -0.39 is 0 Å². The second kappa shape index (κ2) is 8.12. The van der Waals surface area contributed by atoms with Crippen LogP contribution >= 0.6 is 0 Å². The lowest BCUT2D eigenvalue weighted by Gasteiger charge is -2.16. The maximum atomic E-state index is 12.2. The number of nitrogens with zero attached hydrogens (tertiary/aromatic N) is 3. The van der Waals surface area contributed by atoms with E-state index in [-0.39, 0.29) is 5.91 Å². The van der Waals surface area contributed by atoms with Crippen molar-refractivity contribution in [2.75, 3.05) is 18.9 Å². The summed E-state index contributed by atoms with van der Waals surface area (Å²) in [6.07, 6.45) is 7.31. The lowest BCUT2D eigenvalue weighted by molar-refractivity contribution is 0.0787. The third-order valence-electron chi connectivity index (χ3n) is 3.42. The Labute approximate surface area is 131 Å². The summed E-state index contributed by atoms with van der Waals surface area (Å²) in [6, 6.07) is 7.57. The Balaban J connectivity index is 1.91. The van der Waals surface area contributed by atoms with Gasteiger partial charge in [0.25, 0.3) is 5.91 Å². The van der Waals surface area contributed by atoms with Crippen molar-refractivity contribution in [3.63, 3.8) is 0 Å². The van der Waals surface area contributed by atoms with Gasteiger partial charge in [0.1, 0.15) is 5.69 Å². The Kier molecular flexibility index (Phi) is 5.89. The molecule has 0 radical (unpaired) electrons. The molecule has 2 heterocycles. The Bertz CT molecular complexity index is 583. The van der Waals surface area contributed by atoms with Gasteiger partial charge in [0.15, 0.2) is 0 Å². The molecule has 2 rings (SSSR count). The molecule has 0 unspecified atom stereocenters. The number of carbonyl (C=O) groups excluding carboxylic acids is 1. The van der Waals surface area contributed by atoms with Crippen LogP contribution < -0.4 is 5.32 Å². The summed E-state index contributed by atoms with van der Waals surface area (Å²) in [5.74, 6) is -0.0332. The average molecular weight is 298 g/mol. The van der Waals surface area contributed by atoms with Crippen molar-refractivity contribution in [2.24, 2.45) is 0 Å². The van der Waals surface area contributed by atoms with Crippen LogP contribution in [-0.2, 0) is 6.54 Å². The summed E-state index contributed by atoms with van der Waals surface area (Å²) in [5.41, 5.74) is 2.52. The molecule has 0 saturated carbocycles. The molecule has 5 heteroatoms. The summed E-state index contributed by atoms with van der Waals surface area (Å²) in [4.78, 5) is 22.1. The molecule has 2 aromatic rings. The zero-order valence-corrected chi connectivity index (χ0v) is 13.1. The van der Waals surface area contributed by atoms with Crippen molar-refractivity contribution in [3.05, 3.63) is 54.1 Å². The molecule has 0 spiro atoms. The largest absolute Gasteiger partial charge is 0.380 e. The zero-order valence-electron chi connectivity index (χ0n) is 13.1. The molecule has 0 aromatic carbocycles. The van der Waals surface area contributed by atoms with Crippen LogP contribution in [0, 0.1) is 0 Å². The number of hydrogen-bond donors (Lipinski definition) is 1. The summed E-state index contributed by atoms with van der Waals surface area (Å²) in [5, 5.41) is 3.28. The van der Waals surface area contributed by atoms with Gasteiger partial charge in [0, 0.05) is 32.5 Å². The van der Waals surface area contributed by atoms with E-state index in [0.29, 0.717) is 12.2 Å². The van der Waals surface area contributed by atoms with E-state index in [2.05, 4.69) is 22.2 Å². The Morgan fingerprint density at radius 3 is 2.64 bits per heavy atom. The van der Waals surface area contributed by atoms with Crippen molar-refractivity contribution in [2.45, 2.75) is 26.3 Å². The molecule has 1 amide bonds. The second-order valence-electron chi connectivity index (χ2n) is 5.22. The molecular formula is C17H22N4O. The molecule has 0 atom stereocenters. The number of aromatic nitrogens is 2. The van der Waals surface area contributed by atoms with Crippen LogP contribution in [0.1, 0.15) is 35.8 Å². The van der Waals surface area contributed by atoms with Gasteiger partial charge < -0.3 is 10.2 Å². The lowest BCUT2D eigenvalue weighted by Crippen LogP contribution is -2.28. The molecule has 0 saturated heterocycles. The number of amides is 1. The van der Waals surface area contributed by atoms with Gasteiger partial charge in [-0.2, -0.15) is 0 Å². The van der Waals surface area contributed by atoms with Crippen molar-refractivity contribution in [3.8, 4) is 0 Å². The molecule has 2 aromatic heterocycles. The monoisotopic (exact) mass is 298 g/mol. The van der Waals surface area contributed by atoms with Crippen LogP contribution in [0.4, 0.5) is 5.69 Å². The fraction of sp³-hybridized carbons (Fsp3) is 0.353. The highest BCUT2D eigenvalue weighted by atomic mass is 16.2. The average Bonchev–Trinajstić information content (AvgIpc) is 2.58. The summed E-state index contributed by atoms with van der Waals surface area (Å²) in [7, 11) is 1.81. The summed E-state index contributed by atoms with van der Waals surface area (Å²) < 4.78 is 0. The van der Waals surface area contributed by atoms with Gasteiger partial charge in [-0.3, -0.25) is 9.78 Å². The molecular weight excluding hydrogens is 276 g/mol. The van der Waals surface area contributed by atoms with Crippen molar-refractivity contribution < 1.29 is 4.79 Å². The number of hydrogen-bond acceptors (Lipinski definition) is 4. The Morgan fingerprint density at radius 1 is 1.23 bits per heavy atom. The first kappa shape index (κ1) is 15.9. The first-order valence-electron chi connectivity index (χ1n) is 7.55. The third kappa shape index (κ3) is 4.55. The summed E-state index contributed by atoms with van der Waals surface area (Å²) in [6.45, 7) is 3.58. The predicted molar refractivity (Wildman–Crippen MR) is 87.7 cm³/mol. The van der Waals surface area contributed by atoms with E-state index in [4.69, 9.17) is 0 Å². The van der Waals surface area contributed by atoms with Crippen LogP contribution in [0.2, 0.25) is 0 Å². The van der Waals surface area contributed by atoms with E-state index in [1.165, 1.54) is 0 Å². The van der Waals surface area contributed by atoms with Gasteiger partial charge in [-0.25, -0.2) is 4.98 Å². The molecule has 0 bridgehead atoms. The molecule has 0 aliphatic heterocycles. The third-order valence-corrected chi connectivity index (χ3v) is 3.42. The molecule has 0 aliphatic carbocycles. The van der Waals surface area contributed by atoms with E-state index in [0.717, 1.165) is 30.6 Å². The van der Waals surface area contributed by atoms with Crippen molar-refractivity contribution in [1.82, 2.24) is 14.9 Å². The predicted octanol–water partition coefficient (Wildman–Crippen LogP) is 2.96.